The lowest BCUT2D eigenvalue weighted by molar-refractivity contribution is -0.118. The molecule has 0 unspecified atom stereocenters. The van der Waals surface area contributed by atoms with E-state index in [-0.39, 0.29) is 17.7 Å². The smallest absolute Gasteiger partial charge is 0.332 e. The Kier molecular flexibility index (Phi) is 2.34. The quantitative estimate of drug-likeness (QED) is 0.647. The Balaban J connectivity index is 2.90. The number of amides is 1. The second-order valence-corrected chi connectivity index (χ2v) is 3.72. The summed E-state index contributed by atoms with van der Waals surface area (Å²) in [5.41, 5.74) is 4.52. The lowest BCUT2D eigenvalue weighted by Crippen LogP contribution is -2.37. The summed E-state index contributed by atoms with van der Waals surface area (Å²) in [7, 11) is 2.88. The maximum Gasteiger partial charge on any atom is 0.332 e. The van der Waals surface area contributed by atoms with Crippen LogP contribution in [-0.4, -0.2) is 24.6 Å². The molecule has 2 N–H and O–H groups in total. The van der Waals surface area contributed by atoms with E-state index in [1.807, 2.05) is 0 Å². The lowest BCUT2D eigenvalue weighted by Gasteiger charge is -2.06. The number of carbonyl (C=O) groups is 1. The first-order valence-corrected chi connectivity index (χ1v) is 4.82. The maximum absolute atomic E-state index is 11.8. The lowest BCUT2D eigenvalue weighted by atomic mass is 10.5. The Morgan fingerprint density at radius 3 is 2.59 bits per heavy atom. The van der Waals surface area contributed by atoms with Crippen molar-refractivity contribution >= 4 is 17.1 Å². The van der Waals surface area contributed by atoms with Crippen molar-refractivity contribution in [1.82, 2.24) is 18.7 Å². The highest BCUT2D eigenvalue weighted by atomic mass is 16.2. The molecule has 90 valence electrons. The Labute approximate surface area is 94.9 Å². The Morgan fingerprint density at radius 2 is 2.00 bits per heavy atom. The first-order chi connectivity index (χ1) is 7.93. The summed E-state index contributed by atoms with van der Waals surface area (Å²) in [5.74, 6) is -0.572. The van der Waals surface area contributed by atoms with Gasteiger partial charge in [-0.05, 0) is 0 Å². The fourth-order valence-corrected chi connectivity index (χ4v) is 1.72. The van der Waals surface area contributed by atoms with Crippen LogP contribution in [0.5, 0.6) is 0 Å². The van der Waals surface area contributed by atoms with E-state index < -0.39 is 17.2 Å². The van der Waals surface area contributed by atoms with E-state index in [2.05, 4.69) is 4.98 Å². The van der Waals surface area contributed by atoms with E-state index >= 15 is 0 Å². The van der Waals surface area contributed by atoms with Crippen molar-refractivity contribution in [3.8, 4) is 0 Å². The molecule has 0 aliphatic rings. The third-order valence-electron chi connectivity index (χ3n) is 2.54. The van der Waals surface area contributed by atoms with Crippen LogP contribution in [-0.2, 0) is 25.4 Å². The van der Waals surface area contributed by atoms with E-state index in [1.54, 1.807) is 0 Å². The van der Waals surface area contributed by atoms with Crippen LogP contribution >= 0.6 is 0 Å². The molecule has 0 aromatic carbocycles. The summed E-state index contributed by atoms with van der Waals surface area (Å²) in [6, 6.07) is 0. The second kappa shape index (κ2) is 3.58. The van der Waals surface area contributed by atoms with Gasteiger partial charge in [0.2, 0.25) is 5.91 Å². The fraction of sp³-hybridized carbons (Fsp3) is 0.333. The van der Waals surface area contributed by atoms with Gasteiger partial charge in [0.25, 0.3) is 5.56 Å². The minimum atomic E-state index is -0.572. The molecule has 0 bridgehead atoms. The molecule has 8 heteroatoms. The van der Waals surface area contributed by atoms with E-state index in [0.717, 1.165) is 4.57 Å². The summed E-state index contributed by atoms with van der Waals surface area (Å²) in [6.07, 6.45) is 1.32. The molecule has 8 nitrogen and oxygen atoms in total. The fourth-order valence-electron chi connectivity index (χ4n) is 1.72. The predicted molar refractivity (Wildman–Crippen MR) is 59.4 cm³/mol. The van der Waals surface area contributed by atoms with Crippen LogP contribution in [0.3, 0.4) is 0 Å². The van der Waals surface area contributed by atoms with Crippen molar-refractivity contribution in [3.05, 3.63) is 27.2 Å². The number of fused-ring (bicyclic) bond motifs is 1. The van der Waals surface area contributed by atoms with Gasteiger partial charge in [0.15, 0.2) is 5.52 Å². The van der Waals surface area contributed by atoms with Crippen LogP contribution in [0, 0.1) is 0 Å². The number of nitrogens with two attached hydrogens (primary N) is 1. The Morgan fingerprint density at radius 1 is 1.35 bits per heavy atom. The van der Waals surface area contributed by atoms with Crippen LogP contribution in [0.2, 0.25) is 0 Å². The molecule has 2 rings (SSSR count). The Hall–Kier alpha value is -2.38. The van der Waals surface area contributed by atoms with Crippen LogP contribution in [0.25, 0.3) is 11.2 Å². The highest BCUT2D eigenvalue weighted by molar-refractivity contribution is 5.77. The number of imidazole rings is 1. The number of carbonyl (C=O) groups excluding carboxylic acids is 1. The zero-order valence-corrected chi connectivity index (χ0v) is 9.38. The molecule has 0 radical (unpaired) electrons. The van der Waals surface area contributed by atoms with Crippen molar-refractivity contribution in [3.63, 3.8) is 0 Å². The zero-order valence-electron chi connectivity index (χ0n) is 9.38. The standard InChI is InChI=1S/C9H11N5O3/c1-12-7-6(8(16)13(2)9(12)17)11-4-14(7)3-5(10)15/h4H,3H2,1-2H3,(H2,10,15). The first-order valence-electron chi connectivity index (χ1n) is 4.82. The third kappa shape index (κ3) is 1.53. The molecule has 0 aliphatic heterocycles. The van der Waals surface area contributed by atoms with E-state index in [4.69, 9.17) is 5.73 Å². The molecule has 2 aromatic rings. The van der Waals surface area contributed by atoms with Crippen LogP contribution in [0.15, 0.2) is 15.9 Å². The molecule has 1 amide bonds. The van der Waals surface area contributed by atoms with Gasteiger partial charge >= 0.3 is 5.69 Å². The second-order valence-electron chi connectivity index (χ2n) is 3.72. The molecule has 0 aliphatic carbocycles. The van der Waals surface area contributed by atoms with Crippen molar-refractivity contribution in [1.29, 1.82) is 0 Å². The highest BCUT2D eigenvalue weighted by Gasteiger charge is 2.14. The summed E-state index contributed by atoms with van der Waals surface area (Å²) in [5, 5.41) is 0. The number of aryl methyl sites for hydroxylation is 1. The van der Waals surface area contributed by atoms with Gasteiger partial charge in [-0.25, -0.2) is 9.78 Å². The molecule has 2 aromatic heterocycles. The molecule has 0 saturated heterocycles. The normalized spacial score (nSPS) is 10.9. The predicted octanol–water partition coefficient (Wildman–Crippen LogP) is -2.08. The average molecular weight is 237 g/mol. The van der Waals surface area contributed by atoms with E-state index in [0.29, 0.717) is 0 Å². The van der Waals surface area contributed by atoms with Gasteiger partial charge in [0.1, 0.15) is 12.2 Å². The monoisotopic (exact) mass is 237 g/mol. The first kappa shape index (κ1) is 11.1. The minimum absolute atomic E-state index is 0.128. The van der Waals surface area contributed by atoms with Gasteiger partial charge in [0.05, 0.1) is 6.33 Å². The van der Waals surface area contributed by atoms with Crippen LogP contribution in [0.1, 0.15) is 0 Å². The van der Waals surface area contributed by atoms with Crippen molar-refractivity contribution in [2.24, 2.45) is 19.8 Å². The van der Waals surface area contributed by atoms with Crippen LogP contribution < -0.4 is 17.0 Å². The van der Waals surface area contributed by atoms with Gasteiger partial charge < -0.3 is 10.3 Å². The molecule has 0 saturated carbocycles. The van der Waals surface area contributed by atoms with Crippen molar-refractivity contribution < 1.29 is 4.79 Å². The number of hydrogen-bond donors (Lipinski definition) is 1. The van der Waals surface area contributed by atoms with Gasteiger partial charge in [-0.2, -0.15) is 0 Å². The number of primary amides is 1. The summed E-state index contributed by atoms with van der Waals surface area (Å²) in [6.45, 7) is -0.128. The molecule has 2 heterocycles. The topological polar surface area (TPSA) is 105 Å². The molecular formula is C9H11N5O3. The summed E-state index contributed by atoms with van der Waals surface area (Å²) >= 11 is 0. The minimum Gasteiger partial charge on any atom is -0.368 e. The summed E-state index contributed by atoms with van der Waals surface area (Å²) in [4.78, 5) is 38.2. The van der Waals surface area contributed by atoms with Crippen molar-refractivity contribution in [2.45, 2.75) is 6.54 Å². The molecule has 0 atom stereocenters. The molecule has 0 fully saturated rings. The molecule has 0 spiro atoms. The number of hydrogen-bond acceptors (Lipinski definition) is 4. The van der Waals surface area contributed by atoms with Crippen LogP contribution in [0.4, 0.5) is 0 Å². The van der Waals surface area contributed by atoms with Crippen molar-refractivity contribution in [2.75, 3.05) is 0 Å². The molecular weight excluding hydrogens is 226 g/mol. The largest absolute Gasteiger partial charge is 0.368 e. The number of aromatic nitrogens is 4. The Bertz CT molecular complexity index is 721. The number of nitrogens with zero attached hydrogens (tertiary/aromatic N) is 4. The van der Waals surface area contributed by atoms with E-state index in [9.17, 15) is 14.4 Å². The summed E-state index contributed by atoms with van der Waals surface area (Å²) < 4.78 is 3.59. The SMILES string of the molecule is Cn1c(=O)c2ncn(CC(N)=O)c2n(C)c1=O. The van der Waals surface area contributed by atoms with Gasteiger partial charge in [-0.1, -0.05) is 0 Å². The number of rotatable bonds is 2. The third-order valence-corrected chi connectivity index (χ3v) is 2.54. The van der Waals surface area contributed by atoms with Gasteiger partial charge in [0, 0.05) is 14.1 Å². The van der Waals surface area contributed by atoms with Gasteiger partial charge in [-0.3, -0.25) is 18.7 Å². The van der Waals surface area contributed by atoms with Gasteiger partial charge in [-0.15, -0.1) is 0 Å². The molecule has 17 heavy (non-hydrogen) atoms. The maximum atomic E-state index is 11.8. The average Bonchev–Trinajstić information content (AvgIpc) is 2.66. The zero-order chi connectivity index (χ0) is 12.7. The highest BCUT2D eigenvalue weighted by Crippen LogP contribution is 2.04. The van der Waals surface area contributed by atoms with E-state index in [1.165, 1.54) is 29.6 Å².